The van der Waals surface area contributed by atoms with Crippen molar-refractivity contribution >= 4 is 22.6 Å². The van der Waals surface area contributed by atoms with Crippen LogP contribution in [0.5, 0.6) is 0 Å². The number of cyclic esters (lactones) is 1. The molecule has 0 amide bonds. The predicted octanol–water partition coefficient (Wildman–Crippen LogP) is 5.40. The van der Waals surface area contributed by atoms with Crippen LogP contribution in [0.15, 0.2) is 11.6 Å². The van der Waals surface area contributed by atoms with Gasteiger partial charge in [0.2, 0.25) is 0 Å². The number of carbonyl (C=O) groups excluding carboxylic acids is 1. The van der Waals surface area contributed by atoms with E-state index in [1.165, 1.54) is 0 Å². The molecule has 0 saturated carbocycles. The lowest BCUT2D eigenvalue weighted by Gasteiger charge is -2.50. The molecular formula is C26H50O7Si2. The molecule has 35 heavy (non-hydrogen) atoms. The average Bonchev–Trinajstić information content (AvgIpc) is 3.31. The van der Waals surface area contributed by atoms with E-state index >= 15 is 0 Å². The van der Waals surface area contributed by atoms with Gasteiger partial charge in [0.15, 0.2) is 22.4 Å². The first-order chi connectivity index (χ1) is 16.5. The van der Waals surface area contributed by atoms with Gasteiger partial charge in [0.25, 0.3) is 0 Å². The van der Waals surface area contributed by atoms with Crippen LogP contribution in [-0.2, 0) is 27.9 Å². The Morgan fingerprint density at radius 2 is 1.40 bits per heavy atom. The summed E-state index contributed by atoms with van der Waals surface area (Å²) in [6, 6.07) is 6.02. The van der Waals surface area contributed by atoms with E-state index in [-0.39, 0.29) is 31.4 Å². The second-order valence-electron chi connectivity index (χ2n) is 10.8. The largest absolute Gasteiger partial charge is 0.458 e. The van der Waals surface area contributed by atoms with Gasteiger partial charge >= 0.3 is 5.97 Å². The van der Waals surface area contributed by atoms with Crippen molar-refractivity contribution in [2.45, 2.75) is 116 Å². The van der Waals surface area contributed by atoms with E-state index in [0.717, 1.165) is 41.8 Å². The summed E-state index contributed by atoms with van der Waals surface area (Å²) in [4.78, 5) is 12.0. The van der Waals surface area contributed by atoms with Gasteiger partial charge in [-0.2, -0.15) is 0 Å². The Morgan fingerprint density at radius 1 is 0.914 bits per heavy atom. The molecule has 9 heteroatoms. The van der Waals surface area contributed by atoms with Gasteiger partial charge in [0, 0.05) is 18.1 Å². The number of esters is 1. The Labute approximate surface area is 215 Å². The number of aliphatic hydroxyl groups is 1. The number of hydrogen-bond donors (Lipinski definition) is 1. The van der Waals surface area contributed by atoms with Gasteiger partial charge in [-0.05, 0) is 50.1 Å². The van der Waals surface area contributed by atoms with Crippen LogP contribution < -0.4 is 0 Å². The van der Waals surface area contributed by atoms with Crippen molar-refractivity contribution in [2.24, 2.45) is 5.41 Å². The molecule has 0 aromatic rings. The standard InChI is InChI=1S/C26H50O7Si2/c1-9-34(10-2,11-3)32-22(21-15-24(28)29-17-21)16-23(33-35(12-4,13-5)14-6)26(18-27)19-30-25(7,8)31-20-26/h15,22-23,27H,9-14,16-20H2,1-8H3/t22-,23+/m0/s1. The lowest BCUT2D eigenvalue weighted by molar-refractivity contribution is -0.304. The van der Waals surface area contributed by atoms with Crippen molar-refractivity contribution in [1.29, 1.82) is 0 Å². The highest BCUT2D eigenvalue weighted by atomic mass is 28.4. The molecular weight excluding hydrogens is 480 g/mol. The summed E-state index contributed by atoms with van der Waals surface area (Å²) in [5.74, 6) is -1.01. The van der Waals surface area contributed by atoms with Crippen molar-refractivity contribution in [3.63, 3.8) is 0 Å². The van der Waals surface area contributed by atoms with Crippen LogP contribution in [0.1, 0.15) is 61.8 Å². The molecule has 0 bridgehead atoms. The highest BCUT2D eigenvalue weighted by Gasteiger charge is 2.50. The fourth-order valence-corrected chi connectivity index (χ4v) is 11.0. The number of carbonyl (C=O) groups is 1. The zero-order valence-corrected chi connectivity index (χ0v) is 25.4. The first kappa shape index (κ1) is 30.7. The topological polar surface area (TPSA) is 83.5 Å². The van der Waals surface area contributed by atoms with E-state index in [9.17, 15) is 9.90 Å². The van der Waals surface area contributed by atoms with Crippen LogP contribution >= 0.6 is 0 Å². The molecule has 2 atom stereocenters. The Kier molecular flexibility index (Phi) is 11.2. The van der Waals surface area contributed by atoms with Crippen molar-refractivity contribution in [3.05, 3.63) is 11.6 Å². The van der Waals surface area contributed by atoms with E-state index in [4.69, 9.17) is 23.1 Å². The molecule has 1 fully saturated rings. The molecule has 0 spiro atoms. The Morgan fingerprint density at radius 3 is 1.80 bits per heavy atom. The van der Waals surface area contributed by atoms with E-state index < -0.39 is 27.8 Å². The second kappa shape index (κ2) is 12.8. The zero-order chi connectivity index (χ0) is 26.3. The van der Waals surface area contributed by atoms with Crippen molar-refractivity contribution in [1.82, 2.24) is 0 Å². The summed E-state index contributed by atoms with van der Waals surface area (Å²) < 4.78 is 31.6. The average molecular weight is 531 g/mol. The summed E-state index contributed by atoms with van der Waals surface area (Å²) in [5.41, 5.74) is 0.173. The van der Waals surface area contributed by atoms with Crippen LogP contribution in [0.25, 0.3) is 0 Å². The monoisotopic (exact) mass is 530 g/mol. The molecule has 1 saturated heterocycles. The lowest BCUT2D eigenvalue weighted by Crippen LogP contribution is -2.59. The van der Waals surface area contributed by atoms with Crippen molar-refractivity contribution < 1.29 is 33.0 Å². The maximum Gasteiger partial charge on any atom is 0.331 e. The minimum atomic E-state index is -2.05. The smallest absolute Gasteiger partial charge is 0.331 e. The Balaban J connectivity index is 2.50. The number of hydrogen-bond acceptors (Lipinski definition) is 7. The Hall–Kier alpha value is -0.556. The number of aliphatic hydroxyl groups excluding tert-OH is 1. The minimum Gasteiger partial charge on any atom is -0.458 e. The summed E-state index contributed by atoms with van der Waals surface area (Å²) >= 11 is 0. The van der Waals surface area contributed by atoms with E-state index in [1.54, 1.807) is 6.08 Å². The highest BCUT2D eigenvalue weighted by Crippen LogP contribution is 2.41. The minimum absolute atomic E-state index is 0.103. The van der Waals surface area contributed by atoms with Crippen molar-refractivity contribution in [2.75, 3.05) is 26.4 Å². The van der Waals surface area contributed by atoms with E-state index in [0.29, 0.717) is 19.6 Å². The first-order valence-corrected chi connectivity index (χ1v) is 18.7. The van der Waals surface area contributed by atoms with Gasteiger partial charge in [-0.15, -0.1) is 0 Å². The SMILES string of the molecule is CC[Si](CC)(CC)O[C@@H](C[C@@H](O[Si](CC)(CC)CC)C1(CO)COC(C)(C)OC1)C1=CC(=O)OC1. The third-order valence-electron chi connectivity index (χ3n) is 8.59. The number of rotatable bonds is 15. The van der Waals surface area contributed by atoms with Crippen LogP contribution in [0, 0.1) is 5.41 Å². The molecule has 0 aromatic heterocycles. The molecule has 1 N–H and O–H groups in total. The fourth-order valence-electron chi connectivity index (χ4n) is 5.17. The normalized spacial score (nSPS) is 22.0. The number of ether oxygens (including phenoxy) is 3. The summed E-state index contributed by atoms with van der Waals surface area (Å²) in [6.07, 6.45) is 1.51. The van der Waals surface area contributed by atoms with Gasteiger partial charge in [0.05, 0.1) is 37.4 Å². The molecule has 0 radical (unpaired) electrons. The predicted molar refractivity (Wildman–Crippen MR) is 143 cm³/mol. The summed E-state index contributed by atoms with van der Waals surface area (Å²) in [7, 11) is -4.06. The van der Waals surface area contributed by atoms with E-state index in [2.05, 4.69) is 41.5 Å². The highest BCUT2D eigenvalue weighted by molar-refractivity contribution is 6.74. The lowest BCUT2D eigenvalue weighted by atomic mass is 9.80. The molecule has 0 aromatic carbocycles. The van der Waals surface area contributed by atoms with Crippen LogP contribution in [0.3, 0.4) is 0 Å². The summed E-state index contributed by atoms with van der Waals surface area (Å²) in [5, 5.41) is 10.7. The molecule has 7 nitrogen and oxygen atoms in total. The van der Waals surface area contributed by atoms with Gasteiger partial charge in [0.1, 0.15) is 6.61 Å². The third-order valence-corrected chi connectivity index (χ3v) is 17.9. The second-order valence-corrected chi connectivity index (χ2v) is 20.2. The molecule has 2 heterocycles. The molecule has 204 valence electrons. The molecule has 2 aliphatic heterocycles. The van der Waals surface area contributed by atoms with Gasteiger partial charge in [-0.1, -0.05) is 41.5 Å². The zero-order valence-electron chi connectivity index (χ0n) is 23.4. The maximum absolute atomic E-state index is 12.0. The van der Waals surface area contributed by atoms with Gasteiger partial charge < -0.3 is 28.2 Å². The molecule has 2 rings (SSSR count). The fraction of sp³-hybridized carbons (Fsp3) is 0.885. The quantitative estimate of drug-likeness (QED) is 0.224. The van der Waals surface area contributed by atoms with Crippen LogP contribution in [0.4, 0.5) is 0 Å². The van der Waals surface area contributed by atoms with E-state index in [1.807, 2.05) is 13.8 Å². The molecule has 0 unspecified atom stereocenters. The first-order valence-electron chi connectivity index (χ1n) is 13.6. The molecule has 2 aliphatic rings. The van der Waals surface area contributed by atoms with Crippen molar-refractivity contribution in [3.8, 4) is 0 Å². The molecule has 0 aliphatic carbocycles. The third kappa shape index (κ3) is 7.27. The van der Waals surface area contributed by atoms with Crippen LogP contribution in [-0.4, -0.2) is 72.1 Å². The van der Waals surface area contributed by atoms with Gasteiger partial charge in [-0.25, -0.2) is 4.79 Å². The Bertz CT molecular complexity index is 690. The maximum atomic E-state index is 12.0. The summed E-state index contributed by atoms with van der Waals surface area (Å²) in [6.45, 7) is 17.9. The van der Waals surface area contributed by atoms with Crippen LogP contribution in [0.2, 0.25) is 36.3 Å². The van der Waals surface area contributed by atoms with Gasteiger partial charge in [-0.3, -0.25) is 0 Å².